The van der Waals surface area contributed by atoms with Gasteiger partial charge in [-0.25, -0.2) is 22.0 Å². The van der Waals surface area contributed by atoms with Crippen molar-refractivity contribution in [3.05, 3.63) is 106 Å². The van der Waals surface area contributed by atoms with E-state index in [9.17, 15) is 39.9 Å². The molecule has 2 aromatic heterocycles. The van der Waals surface area contributed by atoms with Gasteiger partial charge in [-0.15, -0.1) is 0 Å². The summed E-state index contributed by atoms with van der Waals surface area (Å²) in [7, 11) is 0. The van der Waals surface area contributed by atoms with Crippen molar-refractivity contribution >= 4 is 5.91 Å². The normalized spacial score (nSPS) is 12.5. The number of hydrogen-bond donors (Lipinski definition) is 2. The molecule has 14 heteroatoms. The molecule has 0 bridgehead atoms. The number of alkyl halides is 5. The zero-order chi connectivity index (χ0) is 29.9. The Morgan fingerprint density at radius 3 is 2.34 bits per heavy atom. The summed E-state index contributed by atoms with van der Waals surface area (Å²) in [6.07, 6.45) is -7.12. The molecule has 4 rings (SSSR count). The molecular weight excluding hydrogens is 562 g/mol. The monoisotopic (exact) mass is 583 g/mol. The highest BCUT2D eigenvalue weighted by Crippen LogP contribution is 2.35. The van der Waals surface area contributed by atoms with E-state index in [2.05, 4.69) is 15.4 Å². The Balaban J connectivity index is 1.71. The molecule has 0 radical (unpaired) electrons. The third kappa shape index (κ3) is 7.06. The number of amides is 1. The smallest absolute Gasteiger partial charge is 0.346 e. The highest BCUT2D eigenvalue weighted by molar-refractivity contribution is 5.77. The van der Waals surface area contributed by atoms with Crippen LogP contribution < -0.4 is 11.1 Å². The minimum absolute atomic E-state index is 0.101. The standard InChI is InChI=1S/C27H21F8N5O/c28-17-6-14(7-18(29)10-17)8-22(24-19(2-1-5-37-24)15-3-4-21(30)16(9-15)11-36)38-23(41)13-40-12-20(26(31)32)25(39-40)27(33,34)35/h1-7,9-10,12,22,26H,8,11,13,36H2,(H,38,41)/t22-/m0/s1. The average molecular weight is 583 g/mol. The van der Waals surface area contributed by atoms with Gasteiger partial charge in [0, 0.05) is 36.1 Å². The van der Waals surface area contributed by atoms with E-state index in [1.807, 2.05) is 0 Å². The number of nitrogens with zero attached hydrogens (tertiary/aromatic N) is 3. The number of benzene rings is 2. The molecule has 4 aromatic rings. The van der Waals surface area contributed by atoms with Crippen LogP contribution in [-0.2, 0) is 30.5 Å². The van der Waals surface area contributed by atoms with Crippen molar-refractivity contribution in [1.29, 1.82) is 0 Å². The fourth-order valence-corrected chi connectivity index (χ4v) is 4.30. The van der Waals surface area contributed by atoms with E-state index in [0.717, 1.165) is 12.1 Å². The SMILES string of the molecule is NCc1cc(-c2cccnc2[C@H](Cc2cc(F)cc(F)c2)NC(=O)Cn2cc(C(F)F)c(C(F)(F)F)n2)ccc1F. The molecule has 0 aliphatic rings. The minimum Gasteiger partial charge on any atom is -0.346 e. The second-order valence-corrected chi connectivity index (χ2v) is 8.98. The molecule has 0 unspecified atom stereocenters. The van der Waals surface area contributed by atoms with Crippen LogP contribution in [0.2, 0.25) is 0 Å². The second kappa shape index (κ2) is 12.0. The van der Waals surface area contributed by atoms with E-state index in [0.29, 0.717) is 28.1 Å². The number of aromatic nitrogens is 3. The van der Waals surface area contributed by atoms with Crippen LogP contribution in [0.5, 0.6) is 0 Å². The summed E-state index contributed by atoms with van der Waals surface area (Å²) in [5.41, 5.74) is 3.68. The topological polar surface area (TPSA) is 85.8 Å². The van der Waals surface area contributed by atoms with Crippen molar-refractivity contribution in [2.75, 3.05) is 0 Å². The number of nitrogens with one attached hydrogen (secondary N) is 1. The van der Waals surface area contributed by atoms with Gasteiger partial charge in [-0.3, -0.25) is 14.5 Å². The lowest BCUT2D eigenvalue weighted by atomic mass is 9.94. The summed E-state index contributed by atoms with van der Waals surface area (Å²) in [6, 6.07) is 8.79. The first-order chi connectivity index (χ1) is 19.3. The van der Waals surface area contributed by atoms with E-state index >= 15 is 0 Å². The average Bonchev–Trinajstić information content (AvgIpc) is 3.33. The van der Waals surface area contributed by atoms with Crippen molar-refractivity contribution in [3.63, 3.8) is 0 Å². The number of carbonyl (C=O) groups is 1. The van der Waals surface area contributed by atoms with Crippen molar-refractivity contribution in [2.24, 2.45) is 5.73 Å². The summed E-state index contributed by atoms with van der Waals surface area (Å²) in [6.45, 7) is -1.01. The first-order valence-corrected chi connectivity index (χ1v) is 12.0. The van der Waals surface area contributed by atoms with Gasteiger partial charge in [0.2, 0.25) is 5.91 Å². The van der Waals surface area contributed by atoms with Gasteiger partial charge in [-0.2, -0.15) is 18.3 Å². The van der Waals surface area contributed by atoms with Gasteiger partial charge in [0.25, 0.3) is 6.43 Å². The molecule has 2 heterocycles. The third-order valence-electron chi connectivity index (χ3n) is 6.04. The molecule has 1 atom stereocenters. The van der Waals surface area contributed by atoms with Gasteiger partial charge in [-0.05, 0) is 47.9 Å². The molecule has 216 valence electrons. The van der Waals surface area contributed by atoms with Crippen molar-refractivity contribution < 1.29 is 39.9 Å². The Bertz CT molecular complexity index is 1530. The number of carbonyl (C=O) groups excluding carboxylic acids is 1. The number of nitrogens with two attached hydrogens (primary N) is 1. The molecule has 0 fully saturated rings. The molecule has 2 aromatic carbocycles. The van der Waals surface area contributed by atoms with Gasteiger partial charge >= 0.3 is 6.18 Å². The molecule has 1 amide bonds. The Morgan fingerprint density at radius 2 is 1.73 bits per heavy atom. The first-order valence-electron chi connectivity index (χ1n) is 12.0. The van der Waals surface area contributed by atoms with Gasteiger partial charge in [0.15, 0.2) is 5.69 Å². The zero-order valence-corrected chi connectivity index (χ0v) is 20.9. The highest BCUT2D eigenvalue weighted by Gasteiger charge is 2.39. The number of rotatable bonds is 9. The Labute approximate surface area is 227 Å². The van der Waals surface area contributed by atoms with Crippen LogP contribution in [0.1, 0.15) is 40.5 Å². The van der Waals surface area contributed by atoms with E-state index in [-0.39, 0.29) is 29.8 Å². The summed E-state index contributed by atoms with van der Waals surface area (Å²) >= 11 is 0. The molecule has 41 heavy (non-hydrogen) atoms. The largest absolute Gasteiger partial charge is 0.435 e. The fourth-order valence-electron chi connectivity index (χ4n) is 4.30. The highest BCUT2D eigenvalue weighted by atomic mass is 19.4. The lowest BCUT2D eigenvalue weighted by Gasteiger charge is -2.22. The predicted molar refractivity (Wildman–Crippen MR) is 131 cm³/mol. The van der Waals surface area contributed by atoms with Gasteiger partial charge < -0.3 is 11.1 Å². The summed E-state index contributed by atoms with van der Waals surface area (Å²) in [5.74, 6) is -3.30. The molecule has 6 nitrogen and oxygen atoms in total. The molecule has 3 N–H and O–H groups in total. The number of pyridine rings is 1. The molecule has 0 aliphatic heterocycles. The maximum atomic E-state index is 14.1. The van der Waals surface area contributed by atoms with E-state index in [4.69, 9.17) is 5.73 Å². The van der Waals surface area contributed by atoms with E-state index in [1.165, 1.54) is 24.4 Å². The van der Waals surface area contributed by atoms with Crippen LogP contribution in [0, 0.1) is 17.5 Å². The summed E-state index contributed by atoms with van der Waals surface area (Å²) in [4.78, 5) is 17.3. The van der Waals surface area contributed by atoms with Crippen molar-refractivity contribution in [1.82, 2.24) is 20.1 Å². The van der Waals surface area contributed by atoms with Gasteiger partial charge in [-0.1, -0.05) is 12.1 Å². The Morgan fingerprint density at radius 1 is 1.02 bits per heavy atom. The maximum absolute atomic E-state index is 14.1. The molecule has 0 saturated carbocycles. The first kappa shape index (κ1) is 29.6. The Hall–Kier alpha value is -4.33. The van der Waals surface area contributed by atoms with Gasteiger partial charge in [0.1, 0.15) is 24.0 Å². The van der Waals surface area contributed by atoms with Crippen LogP contribution in [0.4, 0.5) is 35.1 Å². The Kier molecular flexibility index (Phi) is 8.71. The van der Waals surface area contributed by atoms with E-state index < -0.39 is 59.8 Å². The molecule has 0 spiro atoms. The van der Waals surface area contributed by atoms with Crippen LogP contribution in [0.15, 0.2) is 60.9 Å². The van der Waals surface area contributed by atoms with Gasteiger partial charge in [0.05, 0.1) is 17.3 Å². The number of halogens is 8. The van der Waals surface area contributed by atoms with Crippen molar-refractivity contribution in [2.45, 2.75) is 38.2 Å². The third-order valence-corrected chi connectivity index (χ3v) is 6.04. The predicted octanol–water partition coefficient (Wildman–Crippen LogP) is 5.88. The number of hydrogen-bond acceptors (Lipinski definition) is 4. The lowest BCUT2D eigenvalue weighted by Crippen LogP contribution is -2.34. The quantitative estimate of drug-likeness (QED) is 0.241. The lowest BCUT2D eigenvalue weighted by molar-refractivity contribution is -0.143. The fraction of sp³-hybridized carbons (Fsp3) is 0.222. The summed E-state index contributed by atoms with van der Waals surface area (Å²) in [5, 5.41) is 5.65. The van der Waals surface area contributed by atoms with E-state index in [1.54, 1.807) is 12.1 Å². The summed E-state index contributed by atoms with van der Waals surface area (Å²) < 4.78 is 108. The minimum atomic E-state index is -5.18. The maximum Gasteiger partial charge on any atom is 0.435 e. The molecular formula is C27H21F8N5O. The molecule has 0 aliphatic carbocycles. The van der Waals surface area contributed by atoms with Crippen LogP contribution in [0.3, 0.4) is 0 Å². The van der Waals surface area contributed by atoms with Crippen LogP contribution in [0.25, 0.3) is 11.1 Å². The molecule has 0 saturated heterocycles. The van der Waals surface area contributed by atoms with Crippen molar-refractivity contribution in [3.8, 4) is 11.1 Å². The van der Waals surface area contributed by atoms with Crippen LogP contribution >= 0.6 is 0 Å². The zero-order valence-electron chi connectivity index (χ0n) is 20.9. The second-order valence-electron chi connectivity index (χ2n) is 8.98. The van der Waals surface area contributed by atoms with Crippen LogP contribution in [-0.4, -0.2) is 20.7 Å².